The predicted molar refractivity (Wildman–Crippen MR) is 69.3 cm³/mol. The van der Waals surface area contributed by atoms with Gasteiger partial charge in [-0.2, -0.15) is 0 Å². The van der Waals surface area contributed by atoms with Crippen LogP contribution in [-0.4, -0.2) is 30.0 Å². The molecule has 0 aromatic heterocycles. The van der Waals surface area contributed by atoms with Crippen LogP contribution in [0.2, 0.25) is 0 Å². The molecule has 0 spiro atoms. The summed E-state index contributed by atoms with van der Waals surface area (Å²) >= 11 is 0. The lowest BCUT2D eigenvalue weighted by Crippen LogP contribution is -2.30. The van der Waals surface area contributed by atoms with Crippen LogP contribution in [0.25, 0.3) is 0 Å². The highest BCUT2D eigenvalue weighted by Crippen LogP contribution is 2.07. The van der Waals surface area contributed by atoms with E-state index >= 15 is 0 Å². The van der Waals surface area contributed by atoms with Crippen LogP contribution in [0.1, 0.15) is 18.1 Å². The molecule has 0 radical (unpaired) electrons. The third-order valence-electron chi connectivity index (χ3n) is 2.39. The van der Waals surface area contributed by atoms with Crippen LogP contribution in [0.3, 0.4) is 0 Å². The highest BCUT2D eigenvalue weighted by Gasteiger charge is 2.05. The van der Waals surface area contributed by atoms with Gasteiger partial charge in [0.05, 0.1) is 0 Å². The molecule has 18 heavy (non-hydrogen) atoms. The maximum Gasteiger partial charge on any atom is 0.216 e. The molecule has 1 rings (SSSR count). The minimum Gasteiger partial charge on any atom is -0.409 e. The van der Waals surface area contributed by atoms with E-state index in [1.54, 1.807) is 6.07 Å². The molecule has 6 nitrogen and oxygen atoms in total. The Labute approximate surface area is 106 Å². The Balaban J connectivity index is 2.49. The average molecular weight is 250 g/mol. The number of hydrogen-bond acceptors (Lipinski definition) is 4. The van der Waals surface area contributed by atoms with Crippen molar-refractivity contribution in [3.05, 3.63) is 35.4 Å². The zero-order chi connectivity index (χ0) is 13.4. The largest absolute Gasteiger partial charge is 0.409 e. The molecule has 0 saturated heterocycles. The van der Waals surface area contributed by atoms with Crippen LogP contribution in [0.15, 0.2) is 29.4 Å². The second-order valence-corrected chi connectivity index (χ2v) is 3.80. The monoisotopic (exact) mass is 250 g/mol. The number of amides is 1. The number of carbonyl (C=O) groups is 1. The molecule has 0 aliphatic rings. The lowest BCUT2D eigenvalue weighted by Gasteiger charge is -2.09. The van der Waals surface area contributed by atoms with E-state index in [0.29, 0.717) is 25.2 Å². The lowest BCUT2D eigenvalue weighted by molar-refractivity contribution is -0.118. The van der Waals surface area contributed by atoms with E-state index in [1.807, 2.05) is 18.2 Å². The zero-order valence-electron chi connectivity index (χ0n) is 10.3. The van der Waals surface area contributed by atoms with E-state index in [0.717, 1.165) is 5.56 Å². The van der Waals surface area contributed by atoms with Crippen molar-refractivity contribution in [3.63, 3.8) is 0 Å². The fraction of sp³-hybridized carbons (Fsp3) is 0.333. The second kappa shape index (κ2) is 7.29. The van der Waals surface area contributed by atoms with Gasteiger partial charge in [0.15, 0.2) is 5.84 Å². The average Bonchev–Trinajstić information content (AvgIpc) is 2.37. The van der Waals surface area contributed by atoms with Crippen molar-refractivity contribution in [1.82, 2.24) is 10.6 Å². The Hall–Kier alpha value is -2.08. The van der Waals surface area contributed by atoms with Crippen molar-refractivity contribution in [1.29, 1.82) is 0 Å². The molecule has 5 N–H and O–H groups in total. The Kier molecular flexibility index (Phi) is 5.66. The van der Waals surface area contributed by atoms with Gasteiger partial charge < -0.3 is 21.6 Å². The van der Waals surface area contributed by atoms with E-state index in [-0.39, 0.29) is 11.7 Å². The minimum atomic E-state index is -0.0474. The zero-order valence-corrected chi connectivity index (χ0v) is 10.3. The molecule has 0 atom stereocenters. The van der Waals surface area contributed by atoms with E-state index in [9.17, 15) is 4.79 Å². The molecule has 98 valence electrons. The first-order valence-corrected chi connectivity index (χ1v) is 5.66. The van der Waals surface area contributed by atoms with E-state index < -0.39 is 0 Å². The molecule has 0 heterocycles. The van der Waals surface area contributed by atoms with Crippen LogP contribution in [0.5, 0.6) is 0 Å². The van der Waals surface area contributed by atoms with Gasteiger partial charge in [0.25, 0.3) is 0 Å². The van der Waals surface area contributed by atoms with Gasteiger partial charge in [-0.25, -0.2) is 0 Å². The number of nitrogens with one attached hydrogen (secondary N) is 2. The van der Waals surface area contributed by atoms with Gasteiger partial charge in [-0.3, -0.25) is 4.79 Å². The van der Waals surface area contributed by atoms with Crippen LogP contribution < -0.4 is 16.4 Å². The van der Waals surface area contributed by atoms with Gasteiger partial charge in [-0.1, -0.05) is 29.4 Å². The van der Waals surface area contributed by atoms with Gasteiger partial charge in [-0.05, 0) is 5.56 Å². The van der Waals surface area contributed by atoms with Crippen LogP contribution in [0, 0.1) is 0 Å². The van der Waals surface area contributed by atoms with E-state index in [1.165, 1.54) is 6.92 Å². The molecule has 1 aromatic rings. The summed E-state index contributed by atoms with van der Waals surface area (Å²) in [4.78, 5) is 10.7. The lowest BCUT2D eigenvalue weighted by atomic mass is 10.1. The second-order valence-electron chi connectivity index (χ2n) is 3.80. The standard InChI is InChI=1S/C12H18N4O2/c1-9(17)15-7-6-14-8-10-4-2-3-5-11(10)12(13)16-18/h2-5,14,18H,6-8H2,1H3,(H2,13,16)(H,15,17). The first-order valence-electron chi connectivity index (χ1n) is 5.66. The number of nitrogens with zero attached hydrogens (tertiary/aromatic N) is 1. The van der Waals surface area contributed by atoms with Crippen molar-refractivity contribution >= 4 is 11.7 Å². The van der Waals surface area contributed by atoms with Gasteiger partial charge >= 0.3 is 0 Å². The summed E-state index contributed by atoms with van der Waals surface area (Å²) in [5.74, 6) is 0.0446. The summed E-state index contributed by atoms with van der Waals surface area (Å²) in [5, 5.41) is 17.5. The fourth-order valence-corrected chi connectivity index (χ4v) is 1.53. The SMILES string of the molecule is CC(=O)NCCNCc1ccccc1C(N)=NO. The van der Waals surface area contributed by atoms with Crippen LogP contribution in [-0.2, 0) is 11.3 Å². The molecule has 0 unspecified atom stereocenters. The Morgan fingerprint density at radius 1 is 1.39 bits per heavy atom. The summed E-state index contributed by atoms with van der Waals surface area (Å²) in [6.45, 7) is 3.30. The topological polar surface area (TPSA) is 99.7 Å². The smallest absolute Gasteiger partial charge is 0.216 e. The molecule has 0 fully saturated rings. The van der Waals surface area contributed by atoms with Crippen molar-refractivity contribution in [2.24, 2.45) is 10.9 Å². The minimum absolute atomic E-state index is 0.0474. The highest BCUT2D eigenvalue weighted by atomic mass is 16.4. The van der Waals surface area contributed by atoms with Crippen molar-refractivity contribution in [3.8, 4) is 0 Å². The van der Waals surface area contributed by atoms with Crippen molar-refractivity contribution < 1.29 is 10.0 Å². The Morgan fingerprint density at radius 2 is 2.11 bits per heavy atom. The van der Waals surface area contributed by atoms with Gasteiger partial charge in [-0.15, -0.1) is 0 Å². The first kappa shape index (κ1) is 14.0. The molecule has 0 bridgehead atoms. The summed E-state index contributed by atoms with van der Waals surface area (Å²) < 4.78 is 0. The molecular weight excluding hydrogens is 232 g/mol. The Bertz CT molecular complexity index is 432. The van der Waals surface area contributed by atoms with Crippen LogP contribution >= 0.6 is 0 Å². The first-order chi connectivity index (χ1) is 8.65. The third kappa shape index (κ3) is 4.42. The number of oxime groups is 1. The van der Waals surface area contributed by atoms with Crippen LogP contribution in [0.4, 0.5) is 0 Å². The molecule has 0 aliphatic carbocycles. The third-order valence-corrected chi connectivity index (χ3v) is 2.39. The number of rotatable bonds is 6. The van der Waals surface area contributed by atoms with Gasteiger partial charge in [0.2, 0.25) is 5.91 Å². The van der Waals surface area contributed by atoms with Gasteiger partial charge in [0.1, 0.15) is 0 Å². The number of amidine groups is 1. The molecule has 0 aliphatic heterocycles. The summed E-state index contributed by atoms with van der Waals surface area (Å²) in [7, 11) is 0. The maximum absolute atomic E-state index is 10.7. The summed E-state index contributed by atoms with van der Waals surface area (Å²) in [6.07, 6.45) is 0. The molecule has 6 heteroatoms. The van der Waals surface area contributed by atoms with Crippen molar-refractivity contribution in [2.75, 3.05) is 13.1 Å². The fourth-order valence-electron chi connectivity index (χ4n) is 1.53. The summed E-state index contributed by atoms with van der Waals surface area (Å²) in [6, 6.07) is 7.41. The Morgan fingerprint density at radius 3 is 2.78 bits per heavy atom. The van der Waals surface area contributed by atoms with E-state index in [2.05, 4.69) is 15.8 Å². The summed E-state index contributed by atoms with van der Waals surface area (Å²) in [5.41, 5.74) is 7.22. The number of benzene rings is 1. The maximum atomic E-state index is 10.7. The highest BCUT2D eigenvalue weighted by molar-refractivity contribution is 5.98. The normalized spacial score (nSPS) is 11.3. The molecular formula is C12H18N4O2. The van der Waals surface area contributed by atoms with Gasteiger partial charge in [0, 0.05) is 32.1 Å². The molecule has 1 amide bonds. The number of nitrogens with two attached hydrogens (primary N) is 1. The molecule has 0 saturated carbocycles. The molecule has 1 aromatic carbocycles. The van der Waals surface area contributed by atoms with Crippen molar-refractivity contribution in [2.45, 2.75) is 13.5 Å². The predicted octanol–water partition coefficient (Wildman–Crippen LogP) is 0.00680. The van der Waals surface area contributed by atoms with E-state index in [4.69, 9.17) is 10.9 Å². The number of carbonyl (C=O) groups excluding carboxylic acids is 1. The quantitative estimate of drug-likeness (QED) is 0.188. The number of hydrogen-bond donors (Lipinski definition) is 4.